The van der Waals surface area contributed by atoms with Crippen LogP contribution in [0.2, 0.25) is 0 Å². The number of aliphatic hydroxyl groups is 3. The number of ether oxygens (including phenoxy) is 2. The van der Waals surface area contributed by atoms with E-state index in [-0.39, 0.29) is 12.1 Å². The summed E-state index contributed by atoms with van der Waals surface area (Å²) in [6, 6.07) is 1.65. The molecule has 0 aromatic carbocycles. The molecule has 2 aliphatic rings. The molecule has 0 amide bonds. The van der Waals surface area contributed by atoms with Crippen LogP contribution < -0.4 is 10.1 Å². The lowest BCUT2D eigenvalue weighted by Crippen LogP contribution is -2.29. The lowest BCUT2D eigenvalue weighted by molar-refractivity contribution is -0.0434. The Labute approximate surface area is 183 Å². The summed E-state index contributed by atoms with van der Waals surface area (Å²) < 4.78 is 18.1. The van der Waals surface area contributed by atoms with Crippen LogP contribution in [0.4, 0.5) is 5.82 Å². The van der Waals surface area contributed by atoms with E-state index in [1.54, 1.807) is 6.07 Å². The number of nitrogens with zero attached hydrogens (tertiary/aromatic N) is 5. The Morgan fingerprint density at radius 2 is 2.06 bits per heavy atom. The summed E-state index contributed by atoms with van der Waals surface area (Å²) in [6.07, 6.45) is -0.241. The quantitative estimate of drug-likeness (QED) is 0.422. The monoisotopic (exact) mass is 446 g/mol. The Morgan fingerprint density at radius 1 is 1.22 bits per heavy atom. The highest BCUT2D eigenvalue weighted by molar-refractivity contribution is 5.83. The summed E-state index contributed by atoms with van der Waals surface area (Å²) in [5.74, 6) is 0.758. The Kier molecular flexibility index (Phi) is 5.45. The molecule has 5 rings (SSSR count). The molecule has 12 heteroatoms. The maximum atomic E-state index is 10.7. The number of imidazole rings is 1. The van der Waals surface area contributed by atoms with Gasteiger partial charge in [-0.05, 0) is 25.7 Å². The zero-order valence-corrected chi connectivity index (χ0v) is 17.7. The van der Waals surface area contributed by atoms with E-state index in [1.807, 2.05) is 6.92 Å². The highest BCUT2D eigenvalue weighted by atomic mass is 16.6. The van der Waals surface area contributed by atoms with Gasteiger partial charge >= 0.3 is 6.01 Å². The smallest absolute Gasteiger partial charge is 0.320 e. The molecule has 4 heterocycles. The molecular formula is C20H26N6O6. The predicted molar refractivity (Wildman–Crippen MR) is 110 cm³/mol. The third-order valence-electron chi connectivity index (χ3n) is 6.12. The first-order valence-electron chi connectivity index (χ1n) is 10.7. The van der Waals surface area contributed by atoms with Crippen molar-refractivity contribution >= 4 is 17.0 Å². The second kappa shape index (κ2) is 8.28. The van der Waals surface area contributed by atoms with Crippen molar-refractivity contribution in [2.45, 2.75) is 69.3 Å². The molecular weight excluding hydrogens is 420 g/mol. The van der Waals surface area contributed by atoms with Crippen molar-refractivity contribution in [1.29, 1.82) is 0 Å². The summed E-state index contributed by atoms with van der Waals surface area (Å²) >= 11 is 0. The van der Waals surface area contributed by atoms with Gasteiger partial charge in [-0.1, -0.05) is 12.1 Å². The minimum Gasteiger partial charge on any atom is -0.467 e. The van der Waals surface area contributed by atoms with E-state index >= 15 is 0 Å². The Morgan fingerprint density at radius 3 is 2.75 bits per heavy atom. The maximum absolute atomic E-state index is 10.7. The number of fused-ring (bicyclic) bond motifs is 1. The minimum atomic E-state index is -1.26. The largest absolute Gasteiger partial charge is 0.467 e. The van der Waals surface area contributed by atoms with Crippen LogP contribution in [-0.4, -0.2) is 71.5 Å². The standard InChI is InChI=1S/C20H26N6O6/c1-3-9-7-12(32-25-9)16-14(28)15(29)19(31-16)26-8-21-13-17(22-10-5-4-6-11(10)27)23-20(30-2)24-18(13)26/h7-8,10-11,14-16,19,27-29H,3-6H2,1-2H3,(H,22,23,24)/t10-,11-,14-,15+,16+,19+/m0/s1. The molecule has 32 heavy (non-hydrogen) atoms. The van der Waals surface area contributed by atoms with Gasteiger partial charge in [0, 0.05) is 6.07 Å². The molecule has 1 saturated heterocycles. The van der Waals surface area contributed by atoms with Gasteiger partial charge in [0.25, 0.3) is 0 Å². The fourth-order valence-electron chi connectivity index (χ4n) is 4.31. The van der Waals surface area contributed by atoms with Crippen molar-refractivity contribution in [2.75, 3.05) is 12.4 Å². The van der Waals surface area contributed by atoms with Crippen LogP contribution in [0.3, 0.4) is 0 Å². The van der Waals surface area contributed by atoms with E-state index < -0.39 is 30.6 Å². The van der Waals surface area contributed by atoms with Crippen LogP contribution in [0.1, 0.15) is 50.0 Å². The predicted octanol–water partition coefficient (Wildman–Crippen LogP) is 0.702. The number of aliphatic hydroxyl groups excluding tert-OH is 3. The Hall–Kier alpha value is -2.80. The molecule has 1 aliphatic heterocycles. The lowest BCUT2D eigenvalue weighted by Gasteiger charge is -2.19. The van der Waals surface area contributed by atoms with Gasteiger partial charge in [0.15, 0.2) is 29.0 Å². The van der Waals surface area contributed by atoms with E-state index in [0.29, 0.717) is 29.2 Å². The first kappa shape index (κ1) is 21.1. The SMILES string of the molecule is CCc1cc([C@H]2O[C@@H](n3cnc4c(N[C@H]5CCC[C@@H]5O)nc(OC)nc43)[C@H](O)[C@@H]2O)on1. The molecule has 0 spiro atoms. The normalized spacial score (nSPS) is 30.3. The highest BCUT2D eigenvalue weighted by Crippen LogP contribution is 2.40. The molecule has 0 radical (unpaired) electrons. The van der Waals surface area contributed by atoms with Gasteiger partial charge in [-0.15, -0.1) is 0 Å². The maximum Gasteiger partial charge on any atom is 0.320 e. The average molecular weight is 446 g/mol. The van der Waals surface area contributed by atoms with Crippen molar-refractivity contribution in [3.63, 3.8) is 0 Å². The van der Waals surface area contributed by atoms with Crippen LogP contribution in [-0.2, 0) is 11.2 Å². The van der Waals surface area contributed by atoms with Crippen molar-refractivity contribution in [2.24, 2.45) is 0 Å². The molecule has 0 bridgehead atoms. The second-order valence-corrected chi connectivity index (χ2v) is 8.13. The molecule has 4 N–H and O–H groups in total. The summed E-state index contributed by atoms with van der Waals surface area (Å²) in [5, 5.41) is 38.7. The molecule has 3 aromatic heterocycles. The van der Waals surface area contributed by atoms with Gasteiger partial charge in [-0.25, -0.2) is 4.98 Å². The third kappa shape index (κ3) is 3.48. The topological polar surface area (TPSA) is 161 Å². The van der Waals surface area contributed by atoms with Crippen molar-refractivity contribution < 1.29 is 29.3 Å². The van der Waals surface area contributed by atoms with Crippen molar-refractivity contribution in [3.8, 4) is 6.01 Å². The number of nitrogens with one attached hydrogen (secondary N) is 1. The number of methoxy groups -OCH3 is 1. The van der Waals surface area contributed by atoms with Gasteiger partial charge in [0.1, 0.15) is 18.3 Å². The van der Waals surface area contributed by atoms with Gasteiger partial charge in [-0.3, -0.25) is 4.57 Å². The van der Waals surface area contributed by atoms with Crippen molar-refractivity contribution in [1.82, 2.24) is 24.7 Å². The Balaban J connectivity index is 1.49. The van der Waals surface area contributed by atoms with Gasteiger partial charge in [0.2, 0.25) is 0 Å². The van der Waals surface area contributed by atoms with Crippen molar-refractivity contribution in [3.05, 3.63) is 23.8 Å². The van der Waals surface area contributed by atoms with E-state index in [4.69, 9.17) is 14.0 Å². The number of hydrogen-bond donors (Lipinski definition) is 4. The average Bonchev–Trinajstić information content (AvgIpc) is 3.57. The number of aryl methyl sites for hydroxylation is 1. The molecule has 6 atom stereocenters. The summed E-state index contributed by atoms with van der Waals surface area (Å²) in [5.41, 5.74) is 1.52. The zero-order chi connectivity index (χ0) is 22.4. The number of rotatable bonds is 6. The van der Waals surface area contributed by atoms with Crippen LogP contribution in [0.15, 0.2) is 16.9 Å². The number of anilines is 1. The fourth-order valence-corrected chi connectivity index (χ4v) is 4.31. The molecule has 12 nitrogen and oxygen atoms in total. The lowest BCUT2D eigenvalue weighted by atomic mass is 10.1. The molecule has 172 valence electrons. The molecule has 3 aromatic rings. The van der Waals surface area contributed by atoms with E-state index in [2.05, 4.69) is 25.4 Å². The Bertz CT molecular complexity index is 1100. The van der Waals surface area contributed by atoms with Gasteiger partial charge < -0.3 is 34.6 Å². The number of aromatic nitrogens is 5. The summed E-state index contributed by atoms with van der Waals surface area (Å²) in [7, 11) is 1.45. The molecule has 2 fully saturated rings. The fraction of sp³-hybridized carbons (Fsp3) is 0.600. The molecule has 0 unspecified atom stereocenters. The highest BCUT2D eigenvalue weighted by Gasteiger charge is 2.47. The molecule has 1 saturated carbocycles. The molecule has 1 aliphatic carbocycles. The van der Waals surface area contributed by atoms with Crippen LogP contribution in [0.5, 0.6) is 6.01 Å². The summed E-state index contributed by atoms with van der Waals surface area (Å²) in [4.78, 5) is 13.2. The zero-order valence-electron chi connectivity index (χ0n) is 17.7. The number of hydrogen-bond acceptors (Lipinski definition) is 11. The first-order chi connectivity index (χ1) is 15.5. The van der Waals surface area contributed by atoms with E-state index in [0.717, 1.165) is 25.0 Å². The van der Waals surface area contributed by atoms with Gasteiger partial charge in [-0.2, -0.15) is 9.97 Å². The first-order valence-corrected chi connectivity index (χ1v) is 10.7. The second-order valence-electron chi connectivity index (χ2n) is 8.13. The van der Waals surface area contributed by atoms with E-state index in [1.165, 1.54) is 18.0 Å². The minimum absolute atomic E-state index is 0.0987. The van der Waals surface area contributed by atoms with Crippen LogP contribution in [0.25, 0.3) is 11.2 Å². The third-order valence-corrected chi connectivity index (χ3v) is 6.12. The van der Waals surface area contributed by atoms with Crippen LogP contribution in [0, 0.1) is 0 Å². The van der Waals surface area contributed by atoms with Gasteiger partial charge in [0.05, 0.1) is 31.3 Å². The van der Waals surface area contributed by atoms with Crippen LogP contribution >= 0.6 is 0 Å². The summed E-state index contributed by atoms with van der Waals surface area (Å²) in [6.45, 7) is 1.94. The van der Waals surface area contributed by atoms with E-state index in [9.17, 15) is 15.3 Å².